The number of amides is 1. The molecule has 0 aliphatic heterocycles. The van der Waals surface area contributed by atoms with Crippen LogP contribution in [0.25, 0.3) is 0 Å². The summed E-state index contributed by atoms with van der Waals surface area (Å²) in [5.74, 6) is -0.176. The first-order valence-corrected chi connectivity index (χ1v) is 8.06. The van der Waals surface area contributed by atoms with Crippen molar-refractivity contribution in [1.82, 2.24) is 5.32 Å². The summed E-state index contributed by atoms with van der Waals surface area (Å²) >= 11 is 0. The maximum atomic E-state index is 13.0. The number of hydrogen-bond donors (Lipinski definition) is 2. The highest BCUT2D eigenvalue weighted by Crippen LogP contribution is 2.41. The van der Waals surface area contributed by atoms with Gasteiger partial charge in [0.1, 0.15) is 0 Å². The number of benzene rings is 1. The van der Waals surface area contributed by atoms with Crippen LogP contribution in [0.3, 0.4) is 0 Å². The molecule has 7 heteroatoms. The first kappa shape index (κ1) is 20.8. The summed E-state index contributed by atoms with van der Waals surface area (Å²) in [4.78, 5) is 12.7. The molecule has 0 saturated heterocycles. The van der Waals surface area contributed by atoms with Gasteiger partial charge in [-0.15, -0.1) is 12.4 Å². The lowest BCUT2D eigenvalue weighted by Crippen LogP contribution is -2.46. The van der Waals surface area contributed by atoms with Gasteiger partial charge < -0.3 is 11.1 Å². The first-order valence-electron chi connectivity index (χ1n) is 8.06. The summed E-state index contributed by atoms with van der Waals surface area (Å²) in [6, 6.07) is 5.21. The molecule has 1 aliphatic carbocycles. The molecule has 2 rings (SSSR count). The number of halogens is 4. The minimum Gasteiger partial charge on any atom is -0.355 e. The minimum absolute atomic E-state index is 0. The van der Waals surface area contributed by atoms with E-state index in [2.05, 4.69) is 5.32 Å². The molecule has 0 atom stereocenters. The Hall–Kier alpha value is -1.27. The van der Waals surface area contributed by atoms with Crippen molar-refractivity contribution in [2.75, 3.05) is 13.1 Å². The van der Waals surface area contributed by atoms with Crippen molar-refractivity contribution in [1.29, 1.82) is 0 Å². The Kier molecular flexibility index (Phi) is 7.55. The smallest absolute Gasteiger partial charge is 0.355 e. The molecule has 3 N–H and O–H groups in total. The molecular formula is C17H24ClF3N2O. The van der Waals surface area contributed by atoms with Crippen molar-refractivity contribution >= 4 is 18.3 Å². The molecule has 3 nitrogen and oxygen atoms in total. The third kappa shape index (κ3) is 4.63. The van der Waals surface area contributed by atoms with Gasteiger partial charge in [-0.2, -0.15) is 13.2 Å². The van der Waals surface area contributed by atoms with E-state index in [-0.39, 0.29) is 18.3 Å². The summed E-state index contributed by atoms with van der Waals surface area (Å²) < 4.78 is 39.0. The van der Waals surface area contributed by atoms with Crippen LogP contribution in [0.4, 0.5) is 13.2 Å². The Morgan fingerprint density at radius 3 is 2.46 bits per heavy atom. The van der Waals surface area contributed by atoms with Crippen molar-refractivity contribution in [3.8, 4) is 0 Å². The average Bonchev–Trinajstić information content (AvgIpc) is 2.55. The molecule has 1 fully saturated rings. The third-order valence-corrected chi connectivity index (χ3v) is 4.55. The van der Waals surface area contributed by atoms with Crippen LogP contribution >= 0.6 is 12.4 Å². The zero-order valence-electron chi connectivity index (χ0n) is 13.5. The van der Waals surface area contributed by atoms with Crippen LogP contribution in [0.1, 0.15) is 49.7 Å². The fourth-order valence-corrected chi connectivity index (χ4v) is 3.27. The van der Waals surface area contributed by atoms with Gasteiger partial charge in [-0.3, -0.25) is 4.79 Å². The number of nitrogens with one attached hydrogen (secondary N) is 1. The van der Waals surface area contributed by atoms with Crippen molar-refractivity contribution in [3.63, 3.8) is 0 Å². The standard InChI is InChI=1S/C17H23F3N2O.ClH/c18-17(19,20)14-7-4-6-13(12-14)16(8-2-1-3-9-16)15(23)22-11-5-10-21;/h4,6-7,12H,1-3,5,8-11,21H2,(H,22,23);1H. The molecule has 0 aromatic heterocycles. The Labute approximate surface area is 146 Å². The monoisotopic (exact) mass is 364 g/mol. The van der Waals surface area contributed by atoms with Gasteiger partial charge in [-0.25, -0.2) is 0 Å². The lowest BCUT2D eigenvalue weighted by atomic mass is 9.68. The zero-order valence-corrected chi connectivity index (χ0v) is 14.3. The fraction of sp³-hybridized carbons (Fsp3) is 0.588. The van der Waals surface area contributed by atoms with Crippen LogP contribution in [0, 0.1) is 0 Å². The number of nitrogens with two attached hydrogens (primary N) is 1. The van der Waals surface area contributed by atoms with Crippen molar-refractivity contribution in [2.45, 2.75) is 50.1 Å². The second-order valence-corrected chi connectivity index (χ2v) is 6.12. The highest BCUT2D eigenvalue weighted by atomic mass is 35.5. The van der Waals surface area contributed by atoms with Crippen LogP contribution in [0.15, 0.2) is 24.3 Å². The molecule has 24 heavy (non-hydrogen) atoms. The molecular weight excluding hydrogens is 341 g/mol. The van der Waals surface area contributed by atoms with Gasteiger partial charge in [0.2, 0.25) is 5.91 Å². The van der Waals surface area contributed by atoms with Crippen LogP contribution in [-0.2, 0) is 16.4 Å². The summed E-state index contributed by atoms with van der Waals surface area (Å²) in [6.45, 7) is 0.923. The summed E-state index contributed by atoms with van der Waals surface area (Å²) in [7, 11) is 0. The second-order valence-electron chi connectivity index (χ2n) is 6.12. The molecule has 1 amide bonds. The Bertz CT molecular complexity index is 543. The first-order chi connectivity index (χ1) is 10.9. The average molecular weight is 365 g/mol. The molecule has 1 aromatic carbocycles. The topological polar surface area (TPSA) is 55.1 Å². The molecule has 0 radical (unpaired) electrons. The fourth-order valence-electron chi connectivity index (χ4n) is 3.27. The van der Waals surface area contributed by atoms with E-state index in [1.54, 1.807) is 6.07 Å². The largest absolute Gasteiger partial charge is 0.416 e. The Morgan fingerprint density at radius 2 is 1.88 bits per heavy atom. The third-order valence-electron chi connectivity index (χ3n) is 4.55. The molecule has 0 unspecified atom stereocenters. The zero-order chi connectivity index (χ0) is 16.9. The second kappa shape index (κ2) is 8.72. The van der Waals surface area contributed by atoms with E-state index in [1.165, 1.54) is 6.07 Å². The van der Waals surface area contributed by atoms with Gasteiger partial charge in [-0.05, 0) is 37.4 Å². The minimum atomic E-state index is -4.40. The lowest BCUT2D eigenvalue weighted by molar-refractivity contribution is -0.138. The van der Waals surface area contributed by atoms with Gasteiger partial charge in [0.15, 0.2) is 0 Å². The number of hydrogen-bond acceptors (Lipinski definition) is 2. The molecule has 136 valence electrons. The van der Waals surface area contributed by atoms with Gasteiger partial charge in [0.05, 0.1) is 11.0 Å². The van der Waals surface area contributed by atoms with Crippen LogP contribution in [0.5, 0.6) is 0 Å². The van der Waals surface area contributed by atoms with E-state index < -0.39 is 17.2 Å². The van der Waals surface area contributed by atoms with E-state index >= 15 is 0 Å². The normalized spacial score (nSPS) is 17.0. The molecule has 1 aliphatic rings. The van der Waals surface area contributed by atoms with Gasteiger partial charge in [0, 0.05) is 6.54 Å². The maximum Gasteiger partial charge on any atom is 0.416 e. The van der Waals surface area contributed by atoms with Gasteiger partial charge >= 0.3 is 6.18 Å². The number of carbonyl (C=O) groups excluding carboxylic acids is 1. The number of rotatable bonds is 5. The van der Waals surface area contributed by atoms with Crippen LogP contribution in [0.2, 0.25) is 0 Å². The maximum absolute atomic E-state index is 13.0. The lowest BCUT2D eigenvalue weighted by Gasteiger charge is -2.36. The highest BCUT2D eigenvalue weighted by Gasteiger charge is 2.42. The SMILES string of the molecule is Cl.NCCCNC(=O)C1(c2cccc(C(F)(F)F)c2)CCCCC1. The van der Waals surface area contributed by atoms with E-state index in [9.17, 15) is 18.0 Å². The van der Waals surface area contributed by atoms with E-state index in [0.717, 1.165) is 31.4 Å². The van der Waals surface area contributed by atoms with E-state index in [4.69, 9.17) is 5.73 Å². The Morgan fingerprint density at radius 1 is 1.21 bits per heavy atom. The predicted molar refractivity (Wildman–Crippen MR) is 90.1 cm³/mol. The summed E-state index contributed by atoms with van der Waals surface area (Å²) in [6.07, 6.45) is 0.135. The van der Waals surface area contributed by atoms with E-state index in [0.29, 0.717) is 37.9 Å². The molecule has 1 aromatic rings. The molecule has 0 spiro atoms. The molecule has 0 bridgehead atoms. The summed E-state index contributed by atoms with van der Waals surface area (Å²) in [5, 5.41) is 2.85. The van der Waals surface area contributed by atoms with Crippen molar-refractivity contribution in [2.24, 2.45) is 5.73 Å². The van der Waals surface area contributed by atoms with Crippen LogP contribution < -0.4 is 11.1 Å². The van der Waals surface area contributed by atoms with E-state index in [1.807, 2.05) is 0 Å². The van der Waals surface area contributed by atoms with Crippen LogP contribution in [-0.4, -0.2) is 19.0 Å². The van der Waals surface area contributed by atoms with Gasteiger partial charge in [-0.1, -0.05) is 37.5 Å². The number of alkyl halides is 3. The molecule has 0 heterocycles. The summed E-state index contributed by atoms with van der Waals surface area (Å²) in [5.41, 5.74) is 4.35. The Balaban J connectivity index is 0.00000288. The predicted octanol–water partition coefficient (Wildman–Crippen LogP) is 3.79. The quantitative estimate of drug-likeness (QED) is 0.781. The van der Waals surface area contributed by atoms with Crippen molar-refractivity contribution in [3.05, 3.63) is 35.4 Å². The molecule has 1 saturated carbocycles. The number of carbonyl (C=O) groups is 1. The van der Waals surface area contributed by atoms with Gasteiger partial charge in [0.25, 0.3) is 0 Å². The highest BCUT2D eigenvalue weighted by molar-refractivity contribution is 5.88. The van der Waals surface area contributed by atoms with Crippen molar-refractivity contribution < 1.29 is 18.0 Å².